The number of rotatable bonds is 7. The summed E-state index contributed by atoms with van der Waals surface area (Å²) in [5.74, 6) is 0.109. The fourth-order valence-corrected chi connectivity index (χ4v) is 2.35. The number of aromatic amines is 1. The van der Waals surface area contributed by atoms with Crippen molar-refractivity contribution in [2.24, 2.45) is 5.41 Å². The predicted molar refractivity (Wildman–Crippen MR) is 73.8 cm³/mol. The second kappa shape index (κ2) is 5.48. The Bertz CT molecular complexity index is 542. The summed E-state index contributed by atoms with van der Waals surface area (Å²) in [4.78, 5) is 11.9. The van der Waals surface area contributed by atoms with Crippen molar-refractivity contribution in [3.05, 3.63) is 36.4 Å². The lowest BCUT2D eigenvalue weighted by Crippen LogP contribution is -2.32. The molecule has 0 atom stereocenters. The van der Waals surface area contributed by atoms with Crippen LogP contribution in [0.5, 0.6) is 0 Å². The van der Waals surface area contributed by atoms with E-state index in [0.29, 0.717) is 6.42 Å². The molecule has 2 heterocycles. The Hall–Kier alpha value is -2.11. The minimum Gasteiger partial charge on any atom is -0.355 e. The van der Waals surface area contributed by atoms with Crippen LogP contribution in [0.3, 0.4) is 0 Å². The van der Waals surface area contributed by atoms with Gasteiger partial charge in [-0.1, -0.05) is 0 Å². The summed E-state index contributed by atoms with van der Waals surface area (Å²) in [6.07, 6.45) is 10.9. The van der Waals surface area contributed by atoms with Crippen molar-refractivity contribution in [2.75, 3.05) is 6.54 Å². The van der Waals surface area contributed by atoms with Gasteiger partial charge in [-0.3, -0.25) is 14.6 Å². The SMILES string of the molecule is O=C(CCc1cn[nH]c1)NCC1(Cn2cccn2)CC1. The number of hydrogen-bond donors (Lipinski definition) is 2. The van der Waals surface area contributed by atoms with Gasteiger partial charge in [-0.2, -0.15) is 10.2 Å². The summed E-state index contributed by atoms with van der Waals surface area (Å²) < 4.78 is 1.95. The van der Waals surface area contributed by atoms with Gasteiger partial charge >= 0.3 is 0 Å². The molecule has 1 aliphatic rings. The van der Waals surface area contributed by atoms with Crippen LogP contribution in [0.25, 0.3) is 0 Å². The highest BCUT2D eigenvalue weighted by atomic mass is 16.1. The number of nitrogens with zero attached hydrogens (tertiary/aromatic N) is 3. The van der Waals surface area contributed by atoms with E-state index in [2.05, 4.69) is 20.6 Å². The smallest absolute Gasteiger partial charge is 0.220 e. The topological polar surface area (TPSA) is 75.6 Å². The van der Waals surface area contributed by atoms with Crippen LogP contribution in [0.1, 0.15) is 24.8 Å². The normalized spacial score (nSPS) is 16.0. The van der Waals surface area contributed by atoms with E-state index >= 15 is 0 Å². The molecule has 2 aromatic heterocycles. The van der Waals surface area contributed by atoms with Crippen LogP contribution < -0.4 is 5.32 Å². The quantitative estimate of drug-likeness (QED) is 0.794. The number of carbonyl (C=O) groups excluding carboxylic acids is 1. The van der Waals surface area contributed by atoms with Crippen molar-refractivity contribution in [3.8, 4) is 0 Å². The second-order valence-electron chi connectivity index (χ2n) is 5.59. The first-order valence-electron chi connectivity index (χ1n) is 6.98. The first-order chi connectivity index (χ1) is 9.76. The molecule has 0 saturated heterocycles. The average molecular weight is 273 g/mol. The molecule has 1 aliphatic carbocycles. The minimum atomic E-state index is 0.109. The Morgan fingerprint density at radius 1 is 1.50 bits per heavy atom. The molecule has 1 fully saturated rings. The highest BCUT2D eigenvalue weighted by Crippen LogP contribution is 2.46. The van der Waals surface area contributed by atoms with E-state index in [0.717, 1.165) is 37.9 Å². The number of amides is 1. The fraction of sp³-hybridized carbons (Fsp3) is 0.500. The first-order valence-corrected chi connectivity index (χ1v) is 6.98. The third-order valence-corrected chi connectivity index (χ3v) is 3.87. The highest BCUT2D eigenvalue weighted by Gasteiger charge is 2.43. The summed E-state index contributed by atoms with van der Waals surface area (Å²) in [5.41, 5.74) is 1.29. The molecule has 0 aliphatic heterocycles. The van der Waals surface area contributed by atoms with E-state index in [9.17, 15) is 4.79 Å². The molecule has 0 bridgehead atoms. The molecule has 1 amide bonds. The van der Waals surface area contributed by atoms with Gasteiger partial charge in [0.25, 0.3) is 0 Å². The zero-order valence-corrected chi connectivity index (χ0v) is 11.4. The standard InChI is InChI=1S/C14H19N5O/c20-13(3-2-12-8-16-17-9-12)15-10-14(4-5-14)11-19-7-1-6-18-19/h1,6-9H,2-5,10-11H2,(H,15,20)(H,16,17). The Morgan fingerprint density at radius 2 is 2.40 bits per heavy atom. The summed E-state index contributed by atoms with van der Waals surface area (Å²) in [7, 11) is 0. The van der Waals surface area contributed by atoms with E-state index in [1.807, 2.05) is 23.1 Å². The molecule has 6 nitrogen and oxygen atoms in total. The molecule has 2 aromatic rings. The summed E-state index contributed by atoms with van der Waals surface area (Å²) in [6, 6.07) is 1.93. The van der Waals surface area contributed by atoms with Gasteiger partial charge in [0.05, 0.1) is 6.20 Å². The molecular formula is C14H19N5O. The van der Waals surface area contributed by atoms with Crippen LogP contribution in [0.15, 0.2) is 30.9 Å². The van der Waals surface area contributed by atoms with Crippen molar-refractivity contribution in [1.29, 1.82) is 0 Å². The Morgan fingerprint density at radius 3 is 3.05 bits per heavy atom. The van der Waals surface area contributed by atoms with Crippen molar-refractivity contribution >= 4 is 5.91 Å². The summed E-state index contributed by atoms with van der Waals surface area (Å²) >= 11 is 0. The third kappa shape index (κ3) is 3.26. The monoisotopic (exact) mass is 273 g/mol. The molecule has 1 saturated carbocycles. The van der Waals surface area contributed by atoms with Crippen LogP contribution in [0.4, 0.5) is 0 Å². The van der Waals surface area contributed by atoms with Gasteiger partial charge in [-0.05, 0) is 30.9 Å². The van der Waals surface area contributed by atoms with Gasteiger partial charge in [-0.25, -0.2) is 0 Å². The van der Waals surface area contributed by atoms with Gasteiger partial charge in [0.2, 0.25) is 5.91 Å². The van der Waals surface area contributed by atoms with Crippen LogP contribution >= 0.6 is 0 Å². The van der Waals surface area contributed by atoms with Crippen molar-refractivity contribution in [3.63, 3.8) is 0 Å². The summed E-state index contributed by atoms with van der Waals surface area (Å²) in [5, 5.41) is 13.9. The van der Waals surface area contributed by atoms with Crippen LogP contribution in [-0.4, -0.2) is 32.4 Å². The molecule has 106 valence electrons. The van der Waals surface area contributed by atoms with Crippen molar-refractivity contribution in [1.82, 2.24) is 25.3 Å². The fourth-order valence-electron chi connectivity index (χ4n) is 2.35. The number of carbonyl (C=O) groups is 1. The molecule has 20 heavy (non-hydrogen) atoms. The van der Waals surface area contributed by atoms with E-state index in [4.69, 9.17) is 0 Å². The zero-order chi connectivity index (χ0) is 13.8. The van der Waals surface area contributed by atoms with E-state index in [-0.39, 0.29) is 11.3 Å². The Kier molecular flexibility index (Phi) is 3.54. The average Bonchev–Trinajstić information content (AvgIpc) is 2.88. The lowest BCUT2D eigenvalue weighted by molar-refractivity contribution is -0.121. The number of hydrogen-bond acceptors (Lipinski definition) is 3. The van der Waals surface area contributed by atoms with Gasteiger partial charge in [-0.15, -0.1) is 0 Å². The Balaban J connectivity index is 1.41. The molecular weight excluding hydrogens is 254 g/mol. The molecule has 2 N–H and O–H groups in total. The maximum absolute atomic E-state index is 11.9. The lowest BCUT2D eigenvalue weighted by Gasteiger charge is -2.16. The number of aryl methyl sites for hydroxylation is 1. The van der Waals surface area contributed by atoms with Crippen LogP contribution in [0, 0.1) is 5.41 Å². The van der Waals surface area contributed by atoms with Gasteiger partial charge in [0.1, 0.15) is 0 Å². The molecule has 0 radical (unpaired) electrons. The molecule has 0 spiro atoms. The Labute approximate surface area is 117 Å². The lowest BCUT2D eigenvalue weighted by atomic mass is 10.1. The van der Waals surface area contributed by atoms with Crippen LogP contribution in [0.2, 0.25) is 0 Å². The number of H-pyrrole nitrogens is 1. The van der Waals surface area contributed by atoms with Crippen LogP contribution in [-0.2, 0) is 17.8 Å². The summed E-state index contributed by atoms with van der Waals surface area (Å²) in [6.45, 7) is 1.64. The maximum Gasteiger partial charge on any atom is 0.220 e. The molecule has 0 unspecified atom stereocenters. The molecule has 0 aromatic carbocycles. The van der Waals surface area contributed by atoms with Crippen molar-refractivity contribution in [2.45, 2.75) is 32.2 Å². The maximum atomic E-state index is 11.9. The largest absolute Gasteiger partial charge is 0.355 e. The molecule has 6 heteroatoms. The van der Waals surface area contributed by atoms with E-state index < -0.39 is 0 Å². The highest BCUT2D eigenvalue weighted by molar-refractivity contribution is 5.76. The van der Waals surface area contributed by atoms with Crippen molar-refractivity contribution < 1.29 is 4.79 Å². The van der Waals surface area contributed by atoms with Gasteiger partial charge in [0.15, 0.2) is 0 Å². The minimum absolute atomic E-state index is 0.109. The van der Waals surface area contributed by atoms with E-state index in [1.54, 1.807) is 12.4 Å². The van der Waals surface area contributed by atoms with E-state index in [1.165, 1.54) is 0 Å². The zero-order valence-electron chi connectivity index (χ0n) is 11.4. The van der Waals surface area contributed by atoms with Gasteiger partial charge < -0.3 is 5.32 Å². The first kappa shape index (κ1) is 12.9. The second-order valence-corrected chi connectivity index (χ2v) is 5.59. The third-order valence-electron chi connectivity index (χ3n) is 3.87. The number of aromatic nitrogens is 4. The number of nitrogens with one attached hydrogen (secondary N) is 2. The predicted octanol–water partition coefficient (Wildman–Crippen LogP) is 1.14. The van der Waals surface area contributed by atoms with Gasteiger partial charge in [0, 0.05) is 43.5 Å². The molecule has 3 rings (SSSR count).